The van der Waals surface area contributed by atoms with E-state index < -0.39 is 23.4 Å². The van der Waals surface area contributed by atoms with Gasteiger partial charge in [-0.15, -0.1) is 5.10 Å². The number of ether oxygens (including phenoxy) is 1. The zero-order chi connectivity index (χ0) is 14.0. The van der Waals surface area contributed by atoms with Crippen LogP contribution in [0.3, 0.4) is 0 Å². The van der Waals surface area contributed by atoms with Gasteiger partial charge < -0.3 is 4.74 Å². The van der Waals surface area contributed by atoms with Gasteiger partial charge in [0.2, 0.25) is 0 Å². The van der Waals surface area contributed by atoms with Crippen LogP contribution in [0.4, 0.5) is 13.2 Å². The second-order valence-electron chi connectivity index (χ2n) is 3.46. The molecule has 8 heteroatoms. The molecule has 0 spiro atoms. The summed E-state index contributed by atoms with van der Waals surface area (Å²) in [6, 6.07) is 1.73. The maximum atomic E-state index is 13.5. The van der Waals surface area contributed by atoms with Crippen molar-refractivity contribution >= 4 is 5.97 Å². The number of aromatic nitrogens is 3. The molecule has 0 saturated heterocycles. The van der Waals surface area contributed by atoms with Gasteiger partial charge in [0, 0.05) is 0 Å². The number of halogens is 3. The van der Waals surface area contributed by atoms with E-state index in [0.717, 1.165) is 23.0 Å². The molecule has 0 N–H and O–H groups in total. The highest BCUT2D eigenvalue weighted by Gasteiger charge is 2.18. The minimum absolute atomic E-state index is 0.144. The first kappa shape index (κ1) is 13.1. The molecule has 2 aromatic rings. The van der Waals surface area contributed by atoms with Gasteiger partial charge in [0.15, 0.2) is 23.1 Å². The lowest BCUT2D eigenvalue weighted by atomic mass is 10.3. The van der Waals surface area contributed by atoms with Crippen molar-refractivity contribution in [2.45, 2.75) is 6.92 Å². The number of carbonyl (C=O) groups excluding carboxylic acids is 1. The standard InChI is InChI=1S/C11H8F3N3O2/c1-2-19-11(18)7-5-17(16-15-7)8-4-3-6(12)9(13)10(8)14/h3-5H,2H2,1H3. The number of rotatable bonds is 3. The Hall–Kier alpha value is -2.38. The quantitative estimate of drug-likeness (QED) is 0.631. The monoisotopic (exact) mass is 271 g/mol. The second-order valence-corrected chi connectivity index (χ2v) is 3.46. The van der Waals surface area contributed by atoms with Crippen molar-refractivity contribution in [3.05, 3.63) is 41.5 Å². The molecule has 100 valence electrons. The van der Waals surface area contributed by atoms with E-state index in [1.54, 1.807) is 6.92 Å². The fraction of sp³-hybridized carbons (Fsp3) is 0.182. The van der Waals surface area contributed by atoms with Gasteiger partial charge in [0.1, 0.15) is 5.69 Å². The molecule has 0 aliphatic carbocycles. The van der Waals surface area contributed by atoms with Crippen LogP contribution in [-0.4, -0.2) is 27.6 Å². The number of hydrogen-bond donors (Lipinski definition) is 0. The zero-order valence-electron chi connectivity index (χ0n) is 9.73. The van der Waals surface area contributed by atoms with E-state index in [2.05, 4.69) is 15.0 Å². The zero-order valence-corrected chi connectivity index (χ0v) is 9.73. The first-order chi connectivity index (χ1) is 9.04. The van der Waals surface area contributed by atoms with Crippen molar-refractivity contribution in [2.75, 3.05) is 6.61 Å². The van der Waals surface area contributed by atoms with Crippen LogP contribution in [0, 0.1) is 17.5 Å². The smallest absolute Gasteiger partial charge is 0.360 e. The van der Waals surface area contributed by atoms with Gasteiger partial charge in [-0.1, -0.05) is 5.21 Å². The third-order valence-electron chi connectivity index (χ3n) is 2.24. The Bertz CT molecular complexity index is 628. The Morgan fingerprint density at radius 3 is 2.74 bits per heavy atom. The van der Waals surface area contributed by atoms with Gasteiger partial charge in [-0.25, -0.2) is 22.6 Å². The molecule has 2 rings (SSSR count). The Kier molecular flexibility index (Phi) is 3.50. The maximum Gasteiger partial charge on any atom is 0.360 e. The molecular weight excluding hydrogens is 263 g/mol. The SMILES string of the molecule is CCOC(=O)c1cn(-c2ccc(F)c(F)c2F)nn1. The average Bonchev–Trinajstić information content (AvgIpc) is 2.86. The number of benzene rings is 1. The minimum Gasteiger partial charge on any atom is -0.461 e. The van der Waals surface area contributed by atoms with Crippen LogP contribution in [-0.2, 0) is 4.74 Å². The van der Waals surface area contributed by atoms with Crippen LogP contribution in [0.5, 0.6) is 0 Å². The van der Waals surface area contributed by atoms with Gasteiger partial charge in [-0.05, 0) is 19.1 Å². The normalized spacial score (nSPS) is 10.5. The summed E-state index contributed by atoms with van der Waals surface area (Å²) in [4.78, 5) is 11.3. The van der Waals surface area contributed by atoms with Crippen LogP contribution < -0.4 is 0 Å². The largest absolute Gasteiger partial charge is 0.461 e. The van der Waals surface area contributed by atoms with Crippen LogP contribution in [0.15, 0.2) is 18.3 Å². The first-order valence-corrected chi connectivity index (χ1v) is 5.28. The molecule has 0 aliphatic heterocycles. The number of esters is 1. The van der Waals surface area contributed by atoms with Gasteiger partial charge >= 0.3 is 5.97 Å². The van der Waals surface area contributed by atoms with Gasteiger partial charge in [0.25, 0.3) is 0 Å². The number of hydrogen-bond acceptors (Lipinski definition) is 4. The van der Waals surface area contributed by atoms with Crippen LogP contribution in [0.2, 0.25) is 0 Å². The van der Waals surface area contributed by atoms with Crippen molar-refractivity contribution in [1.82, 2.24) is 15.0 Å². The highest BCUT2D eigenvalue weighted by atomic mass is 19.2. The molecule has 0 radical (unpaired) electrons. The summed E-state index contributed by atoms with van der Waals surface area (Å²) in [5.41, 5.74) is -0.520. The van der Waals surface area contributed by atoms with E-state index >= 15 is 0 Å². The molecule has 0 amide bonds. The molecule has 1 aromatic carbocycles. The van der Waals surface area contributed by atoms with E-state index in [1.807, 2.05) is 0 Å². The van der Waals surface area contributed by atoms with Crippen molar-refractivity contribution in [3.8, 4) is 5.69 Å². The van der Waals surface area contributed by atoms with E-state index in [1.165, 1.54) is 0 Å². The molecule has 19 heavy (non-hydrogen) atoms. The number of carbonyl (C=O) groups is 1. The predicted molar refractivity (Wildman–Crippen MR) is 57.2 cm³/mol. The lowest BCUT2D eigenvalue weighted by Crippen LogP contribution is -2.05. The van der Waals surface area contributed by atoms with E-state index in [0.29, 0.717) is 0 Å². The molecule has 0 aliphatic rings. The van der Waals surface area contributed by atoms with Gasteiger partial charge in [-0.3, -0.25) is 0 Å². The van der Waals surface area contributed by atoms with E-state index in [-0.39, 0.29) is 18.0 Å². The lowest BCUT2D eigenvalue weighted by molar-refractivity contribution is 0.0519. The highest BCUT2D eigenvalue weighted by Crippen LogP contribution is 2.18. The maximum absolute atomic E-state index is 13.5. The fourth-order valence-corrected chi connectivity index (χ4v) is 1.37. The summed E-state index contributed by atoms with van der Waals surface area (Å²) in [6.07, 6.45) is 1.06. The van der Waals surface area contributed by atoms with E-state index in [4.69, 9.17) is 0 Å². The van der Waals surface area contributed by atoms with Crippen molar-refractivity contribution in [2.24, 2.45) is 0 Å². The third kappa shape index (κ3) is 2.42. The summed E-state index contributed by atoms with van der Waals surface area (Å²) >= 11 is 0. The predicted octanol–water partition coefficient (Wildman–Crippen LogP) is 1.86. The molecule has 0 bridgehead atoms. The van der Waals surface area contributed by atoms with Gasteiger partial charge in [0.05, 0.1) is 12.8 Å². The Labute approximate surface area is 105 Å². The summed E-state index contributed by atoms with van der Waals surface area (Å²) in [7, 11) is 0. The summed E-state index contributed by atoms with van der Waals surface area (Å²) in [5, 5.41) is 6.92. The number of nitrogens with zero attached hydrogens (tertiary/aromatic N) is 3. The Morgan fingerprint density at radius 2 is 2.05 bits per heavy atom. The second kappa shape index (κ2) is 5.09. The molecule has 0 atom stereocenters. The minimum atomic E-state index is -1.62. The summed E-state index contributed by atoms with van der Waals surface area (Å²) in [5.74, 6) is -5.09. The fourth-order valence-electron chi connectivity index (χ4n) is 1.37. The van der Waals surface area contributed by atoms with Gasteiger partial charge in [-0.2, -0.15) is 0 Å². The van der Waals surface area contributed by atoms with E-state index in [9.17, 15) is 18.0 Å². The molecule has 0 unspecified atom stereocenters. The lowest BCUT2D eigenvalue weighted by Gasteiger charge is -2.03. The highest BCUT2D eigenvalue weighted by molar-refractivity contribution is 5.86. The Balaban J connectivity index is 2.38. The molecule has 0 saturated carbocycles. The molecule has 1 heterocycles. The average molecular weight is 271 g/mol. The summed E-state index contributed by atoms with van der Waals surface area (Å²) in [6.45, 7) is 1.75. The molecule has 5 nitrogen and oxygen atoms in total. The molecule has 0 fully saturated rings. The van der Waals surface area contributed by atoms with Crippen LogP contribution >= 0.6 is 0 Å². The van der Waals surface area contributed by atoms with Crippen molar-refractivity contribution in [3.63, 3.8) is 0 Å². The third-order valence-corrected chi connectivity index (χ3v) is 2.24. The molecule has 1 aromatic heterocycles. The first-order valence-electron chi connectivity index (χ1n) is 5.28. The Morgan fingerprint density at radius 1 is 1.32 bits per heavy atom. The van der Waals surface area contributed by atoms with Crippen LogP contribution in [0.1, 0.15) is 17.4 Å². The topological polar surface area (TPSA) is 57.0 Å². The van der Waals surface area contributed by atoms with Crippen molar-refractivity contribution < 1.29 is 22.7 Å². The van der Waals surface area contributed by atoms with Crippen LogP contribution in [0.25, 0.3) is 5.69 Å². The summed E-state index contributed by atoms with van der Waals surface area (Å²) < 4.78 is 44.8. The molecular formula is C11H8F3N3O2. The van der Waals surface area contributed by atoms with Crippen molar-refractivity contribution in [1.29, 1.82) is 0 Å².